The Kier molecular flexibility index (Phi) is 6.71. The van der Waals surface area contributed by atoms with Crippen LogP contribution in [0.15, 0.2) is 30.0 Å². The Hall–Kier alpha value is -1.90. The fourth-order valence-corrected chi connectivity index (χ4v) is 1.61. The van der Waals surface area contributed by atoms with Gasteiger partial charge >= 0.3 is 0 Å². The largest absolute Gasteiger partial charge is 0.398 e. The molecule has 1 aromatic rings. The second-order valence-electron chi connectivity index (χ2n) is 3.86. The van der Waals surface area contributed by atoms with Crippen LogP contribution in [-0.2, 0) is 4.79 Å². The van der Waals surface area contributed by atoms with Crippen molar-refractivity contribution in [3.63, 3.8) is 0 Å². The number of carbonyl (C=O) groups is 1. The Labute approximate surface area is 127 Å². The molecule has 0 fully saturated rings. The topological polar surface area (TPSA) is 90.9 Å². The van der Waals surface area contributed by atoms with Gasteiger partial charge in [-0.05, 0) is 24.6 Å². The number of nitrogens with zero attached hydrogens (tertiary/aromatic N) is 1. The van der Waals surface area contributed by atoms with Crippen LogP contribution in [0.4, 0.5) is 11.4 Å². The summed E-state index contributed by atoms with van der Waals surface area (Å²) in [6.07, 6.45) is 2.10. The SMILES string of the molecule is N#C/C(=C/NCCCCl)C(=O)Nc1ccc(N)c(Cl)c1. The van der Waals surface area contributed by atoms with Crippen molar-refractivity contribution >= 4 is 40.5 Å². The number of amides is 1. The minimum atomic E-state index is -0.522. The number of halogens is 2. The molecule has 0 aromatic heterocycles. The van der Waals surface area contributed by atoms with Gasteiger partial charge in [-0.25, -0.2) is 0 Å². The molecule has 0 aliphatic heterocycles. The summed E-state index contributed by atoms with van der Waals surface area (Å²) in [6.45, 7) is 0.593. The van der Waals surface area contributed by atoms with Gasteiger partial charge in [0, 0.05) is 24.3 Å². The van der Waals surface area contributed by atoms with Crippen LogP contribution >= 0.6 is 23.2 Å². The smallest absolute Gasteiger partial charge is 0.267 e. The van der Waals surface area contributed by atoms with Crippen LogP contribution in [0, 0.1) is 11.3 Å². The molecule has 106 valence electrons. The third kappa shape index (κ3) is 5.00. The second-order valence-corrected chi connectivity index (χ2v) is 4.64. The van der Waals surface area contributed by atoms with Crippen LogP contribution < -0.4 is 16.4 Å². The molecule has 0 bridgehead atoms. The van der Waals surface area contributed by atoms with E-state index in [2.05, 4.69) is 10.6 Å². The second kappa shape index (κ2) is 8.31. The van der Waals surface area contributed by atoms with E-state index in [9.17, 15) is 4.79 Å². The van der Waals surface area contributed by atoms with Crippen LogP contribution in [0.25, 0.3) is 0 Å². The van der Waals surface area contributed by atoms with E-state index in [1.54, 1.807) is 12.1 Å². The Morgan fingerprint density at radius 3 is 2.85 bits per heavy atom. The summed E-state index contributed by atoms with van der Waals surface area (Å²) in [7, 11) is 0. The summed E-state index contributed by atoms with van der Waals surface area (Å²) >= 11 is 11.4. The van der Waals surface area contributed by atoms with Gasteiger partial charge in [-0.15, -0.1) is 11.6 Å². The summed E-state index contributed by atoms with van der Waals surface area (Å²) in [5.41, 5.74) is 6.42. The van der Waals surface area contributed by atoms with E-state index < -0.39 is 5.91 Å². The van der Waals surface area contributed by atoms with E-state index in [1.165, 1.54) is 12.3 Å². The zero-order valence-corrected chi connectivity index (χ0v) is 12.1. The molecular weight excluding hydrogens is 299 g/mol. The molecule has 0 radical (unpaired) electrons. The first-order valence-electron chi connectivity index (χ1n) is 5.84. The summed E-state index contributed by atoms with van der Waals surface area (Å²) in [4.78, 5) is 11.9. The number of alkyl halides is 1. The molecule has 0 saturated carbocycles. The molecular formula is C13H14Cl2N4O. The number of anilines is 2. The highest BCUT2D eigenvalue weighted by molar-refractivity contribution is 6.33. The van der Waals surface area contributed by atoms with Crippen LogP contribution in [-0.4, -0.2) is 18.3 Å². The zero-order chi connectivity index (χ0) is 15.0. The maximum absolute atomic E-state index is 11.9. The van der Waals surface area contributed by atoms with E-state index in [0.29, 0.717) is 28.8 Å². The van der Waals surface area contributed by atoms with Crippen molar-refractivity contribution in [1.82, 2.24) is 5.32 Å². The van der Waals surface area contributed by atoms with Gasteiger partial charge < -0.3 is 16.4 Å². The number of nitrogens with one attached hydrogen (secondary N) is 2. The third-order valence-corrected chi connectivity index (χ3v) is 2.92. The normalized spacial score (nSPS) is 10.8. The van der Waals surface area contributed by atoms with Crippen LogP contribution in [0.1, 0.15) is 6.42 Å². The van der Waals surface area contributed by atoms with Crippen molar-refractivity contribution < 1.29 is 4.79 Å². The monoisotopic (exact) mass is 312 g/mol. The van der Waals surface area contributed by atoms with Crippen molar-refractivity contribution in [3.05, 3.63) is 35.0 Å². The molecule has 20 heavy (non-hydrogen) atoms. The predicted molar refractivity (Wildman–Crippen MR) is 81.5 cm³/mol. The van der Waals surface area contributed by atoms with Gasteiger partial charge in [0.05, 0.1) is 10.7 Å². The Balaban J connectivity index is 2.67. The number of carbonyl (C=O) groups excluding carboxylic acids is 1. The highest BCUT2D eigenvalue weighted by Gasteiger charge is 2.09. The van der Waals surface area contributed by atoms with Crippen molar-refractivity contribution in [2.75, 3.05) is 23.5 Å². The lowest BCUT2D eigenvalue weighted by Gasteiger charge is -2.06. The summed E-state index contributed by atoms with van der Waals surface area (Å²) in [6, 6.07) is 6.52. The summed E-state index contributed by atoms with van der Waals surface area (Å²) in [5, 5.41) is 14.7. The summed E-state index contributed by atoms with van der Waals surface area (Å²) in [5.74, 6) is -0.00881. The molecule has 0 unspecified atom stereocenters. The van der Waals surface area contributed by atoms with Gasteiger partial charge in [0.25, 0.3) is 5.91 Å². The highest BCUT2D eigenvalue weighted by atomic mass is 35.5. The molecule has 0 atom stereocenters. The van der Waals surface area contributed by atoms with Gasteiger partial charge in [0.2, 0.25) is 0 Å². The molecule has 0 heterocycles. The average Bonchev–Trinajstić information content (AvgIpc) is 2.43. The third-order valence-electron chi connectivity index (χ3n) is 2.32. The maximum atomic E-state index is 11.9. The first-order valence-corrected chi connectivity index (χ1v) is 6.75. The fourth-order valence-electron chi connectivity index (χ4n) is 1.30. The molecule has 0 spiro atoms. The van der Waals surface area contributed by atoms with E-state index in [1.807, 2.05) is 6.07 Å². The average molecular weight is 313 g/mol. The molecule has 1 rings (SSSR count). The molecule has 0 aliphatic carbocycles. The predicted octanol–water partition coefficient (Wildman–Crippen LogP) is 2.49. The van der Waals surface area contributed by atoms with E-state index in [4.69, 9.17) is 34.2 Å². The van der Waals surface area contributed by atoms with Crippen LogP contribution in [0.5, 0.6) is 0 Å². The van der Waals surface area contributed by atoms with Gasteiger partial charge in [0.1, 0.15) is 11.6 Å². The molecule has 5 nitrogen and oxygen atoms in total. The van der Waals surface area contributed by atoms with E-state index in [0.717, 1.165) is 6.42 Å². The van der Waals surface area contributed by atoms with E-state index in [-0.39, 0.29) is 5.57 Å². The summed E-state index contributed by atoms with van der Waals surface area (Å²) < 4.78 is 0. The first-order chi connectivity index (χ1) is 9.58. The maximum Gasteiger partial charge on any atom is 0.267 e. The Morgan fingerprint density at radius 1 is 1.50 bits per heavy atom. The minimum Gasteiger partial charge on any atom is -0.398 e. The first kappa shape index (κ1) is 16.2. The van der Waals surface area contributed by atoms with Gasteiger partial charge in [-0.3, -0.25) is 4.79 Å². The lowest BCUT2D eigenvalue weighted by Crippen LogP contribution is -2.17. The van der Waals surface area contributed by atoms with Gasteiger partial charge in [-0.1, -0.05) is 11.6 Å². The molecule has 4 N–H and O–H groups in total. The number of nitrogens with two attached hydrogens (primary N) is 1. The molecule has 1 amide bonds. The quantitative estimate of drug-likeness (QED) is 0.247. The molecule has 0 saturated heterocycles. The molecule has 0 aliphatic rings. The van der Waals surface area contributed by atoms with Gasteiger partial charge in [0.15, 0.2) is 0 Å². The number of hydrogen-bond acceptors (Lipinski definition) is 4. The van der Waals surface area contributed by atoms with Crippen molar-refractivity contribution in [3.8, 4) is 6.07 Å². The van der Waals surface area contributed by atoms with Crippen LogP contribution in [0.2, 0.25) is 5.02 Å². The number of benzene rings is 1. The van der Waals surface area contributed by atoms with E-state index >= 15 is 0 Å². The number of nitrogen functional groups attached to an aromatic ring is 1. The van der Waals surface area contributed by atoms with Crippen molar-refractivity contribution in [2.45, 2.75) is 6.42 Å². The Bertz CT molecular complexity index is 552. The fraction of sp³-hybridized carbons (Fsp3) is 0.231. The van der Waals surface area contributed by atoms with Crippen molar-refractivity contribution in [1.29, 1.82) is 5.26 Å². The minimum absolute atomic E-state index is 0.0347. The van der Waals surface area contributed by atoms with Gasteiger partial charge in [-0.2, -0.15) is 5.26 Å². The number of hydrogen-bond donors (Lipinski definition) is 3. The number of nitriles is 1. The lowest BCUT2D eigenvalue weighted by molar-refractivity contribution is -0.112. The van der Waals surface area contributed by atoms with Crippen molar-refractivity contribution in [2.24, 2.45) is 0 Å². The molecule has 1 aromatic carbocycles. The van der Waals surface area contributed by atoms with Crippen LogP contribution in [0.3, 0.4) is 0 Å². The molecule has 7 heteroatoms. The number of rotatable bonds is 6. The zero-order valence-electron chi connectivity index (χ0n) is 10.6. The Morgan fingerprint density at radius 2 is 2.25 bits per heavy atom. The highest BCUT2D eigenvalue weighted by Crippen LogP contribution is 2.22. The standard InChI is InChI=1S/C13H14Cl2N4O/c14-4-1-5-18-8-9(7-16)13(20)19-10-2-3-12(17)11(15)6-10/h2-3,6,8,18H,1,4-5,17H2,(H,19,20)/b9-8-. The lowest BCUT2D eigenvalue weighted by atomic mass is 10.2.